The number of methoxy groups -OCH3 is 1. The third kappa shape index (κ3) is 3.23. The van der Waals surface area contributed by atoms with Gasteiger partial charge in [0.05, 0.1) is 18.4 Å². The SMILES string of the molecule is COc1ccc(Cl)cc1NC(=O)c1ccc(Br)cc1O. The normalized spacial score (nSPS) is 10.2. The molecular formula is C14H11BrClNO3. The average Bonchev–Trinajstić information content (AvgIpc) is 2.38. The quantitative estimate of drug-likeness (QED) is 0.871. The van der Waals surface area contributed by atoms with Crippen molar-refractivity contribution in [3.05, 3.63) is 51.5 Å². The molecule has 0 unspecified atom stereocenters. The van der Waals surface area contributed by atoms with Gasteiger partial charge in [-0.3, -0.25) is 4.79 Å². The van der Waals surface area contributed by atoms with Crippen molar-refractivity contribution in [3.8, 4) is 11.5 Å². The van der Waals surface area contributed by atoms with Gasteiger partial charge in [-0.15, -0.1) is 0 Å². The fourth-order valence-electron chi connectivity index (χ4n) is 1.66. The third-order valence-electron chi connectivity index (χ3n) is 2.61. The maximum atomic E-state index is 12.1. The zero-order valence-corrected chi connectivity index (χ0v) is 12.8. The number of hydrogen-bond donors (Lipinski definition) is 2. The summed E-state index contributed by atoms with van der Waals surface area (Å²) in [6, 6.07) is 9.53. The molecule has 2 aromatic rings. The Balaban J connectivity index is 2.30. The van der Waals surface area contributed by atoms with E-state index in [1.54, 1.807) is 24.3 Å². The number of amides is 1. The van der Waals surface area contributed by atoms with Gasteiger partial charge in [0.25, 0.3) is 5.91 Å². The maximum Gasteiger partial charge on any atom is 0.259 e. The topological polar surface area (TPSA) is 58.6 Å². The monoisotopic (exact) mass is 355 g/mol. The highest BCUT2D eigenvalue weighted by molar-refractivity contribution is 9.10. The van der Waals surface area contributed by atoms with Gasteiger partial charge in [-0.1, -0.05) is 27.5 Å². The van der Waals surface area contributed by atoms with E-state index in [0.717, 1.165) is 0 Å². The molecule has 104 valence electrons. The number of rotatable bonds is 3. The molecule has 2 N–H and O–H groups in total. The number of carbonyl (C=O) groups is 1. The Bertz CT molecular complexity index is 661. The molecule has 0 fully saturated rings. The molecular weight excluding hydrogens is 346 g/mol. The number of benzene rings is 2. The highest BCUT2D eigenvalue weighted by Gasteiger charge is 2.14. The highest BCUT2D eigenvalue weighted by atomic mass is 79.9. The highest BCUT2D eigenvalue weighted by Crippen LogP contribution is 2.29. The molecule has 0 aliphatic carbocycles. The van der Waals surface area contributed by atoms with Crippen LogP contribution in [0, 0.1) is 0 Å². The van der Waals surface area contributed by atoms with Gasteiger partial charge < -0.3 is 15.2 Å². The van der Waals surface area contributed by atoms with Crippen molar-refractivity contribution in [1.82, 2.24) is 0 Å². The second-order valence-electron chi connectivity index (χ2n) is 3.96. The fraction of sp³-hybridized carbons (Fsp3) is 0.0714. The van der Waals surface area contributed by atoms with E-state index >= 15 is 0 Å². The van der Waals surface area contributed by atoms with Crippen LogP contribution in [-0.4, -0.2) is 18.1 Å². The number of phenolic OH excluding ortho intramolecular Hbond substituents is 1. The van der Waals surface area contributed by atoms with Gasteiger partial charge in [0.1, 0.15) is 11.5 Å². The number of hydrogen-bond acceptors (Lipinski definition) is 3. The number of ether oxygens (including phenoxy) is 1. The van der Waals surface area contributed by atoms with Gasteiger partial charge in [0.2, 0.25) is 0 Å². The minimum Gasteiger partial charge on any atom is -0.507 e. The summed E-state index contributed by atoms with van der Waals surface area (Å²) < 4.78 is 5.83. The molecule has 0 atom stereocenters. The Labute approximate surface area is 129 Å². The van der Waals surface area contributed by atoms with Crippen LogP contribution < -0.4 is 10.1 Å². The molecule has 0 aromatic heterocycles. The molecule has 0 saturated carbocycles. The zero-order valence-electron chi connectivity index (χ0n) is 10.5. The van der Waals surface area contributed by atoms with E-state index in [1.165, 1.54) is 19.2 Å². The van der Waals surface area contributed by atoms with Crippen molar-refractivity contribution in [1.29, 1.82) is 0 Å². The van der Waals surface area contributed by atoms with Gasteiger partial charge in [-0.2, -0.15) is 0 Å². The van der Waals surface area contributed by atoms with E-state index in [2.05, 4.69) is 21.2 Å². The summed E-state index contributed by atoms with van der Waals surface area (Å²) >= 11 is 9.11. The molecule has 20 heavy (non-hydrogen) atoms. The molecule has 6 heteroatoms. The second kappa shape index (κ2) is 6.15. The lowest BCUT2D eigenvalue weighted by molar-refractivity contribution is 0.102. The van der Waals surface area contributed by atoms with Crippen molar-refractivity contribution in [3.63, 3.8) is 0 Å². The van der Waals surface area contributed by atoms with Gasteiger partial charge >= 0.3 is 0 Å². The first kappa shape index (κ1) is 14.7. The van der Waals surface area contributed by atoms with Crippen LogP contribution in [0.15, 0.2) is 40.9 Å². The summed E-state index contributed by atoms with van der Waals surface area (Å²) in [5, 5.41) is 12.9. The van der Waals surface area contributed by atoms with E-state index in [4.69, 9.17) is 16.3 Å². The Kier molecular flexibility index (Phi) is 4.52. The van der Waals surface area contributed by atoms with Gasteiger partial charge in [0.15, 0.2) is 0 Å². The van der Waals surface area contributed by atoms with E-state index in [9.17, 15) is 9.90 Å². The lowest BCUT2D eigenvalue weighted by atomic mass is 10.2. The molecule has 0 spiro atoms. The lowest BCUT2D eigenvalue weighted by Gasteiger charge is -2.11. The van der Waals surface area contributed by atoms with Crippen molar-refractivity contribution in [2.24, 2.45) is 0 Å². The Hall–Kier alpha value is -1.72. The standard InChI is InChI=1S/C14H11BrClNO3/c1-20-13-5-3-9(16)7-11(13)17-14(19)10-4-2-8(15)6-12(10)18/h2-7,18H,1H3,(H,17,19). The molecule has 0 aliphatic heterocycles. The predicted molar refractivity (Wildman–Crippen MR) is 81.8 cm³/mol. The van der Waals surface area contributed by atoms with Crippen LogP contribution in [0.5, 0.6) is 11.5 Å². The Morgan fingerprint density at radius 3 is 2.70 bits per heavy atom. The average molecular weight is 357 g/mol. The second-order valence-corrected chi connectivity index (χ2v) is 5.31. The number of carbonyl (C=O) groups excluding carboxylic acids is 1. The Morgan fingerprint density at radius 1 is 1.30 bits per heavy atom. The minimum absolute atomic E-state index is 0.113. The molecule has 2 rings (SSSR count). The first-order chi connectivity index (χ1) is 9.51. The molecule has 1 amide bonds. The number of anilines is 1. The molecule has 0 bridgehead atoms. The van der Waals surface area contributed by atoms with Crippen LogP contribution in [0.2, 0.25) is 5.02 Å². The summed E-state index contributed by atoms with van der Waals surface area (Å²) in [4.78, 5) is 12.1. The van der Waals surface area contributed by atoms with Crippen molar-refractivity contribution >= 4 is 39.1 Å². The number of nitrogens with one attached hydrogen (secondary N) is 1. The summed E-state index contributed by atoms with van der Waals surface area (Å²) in [6.07, 6.45) is 0. The maximum absolute atomic E-state index is 12.1. The minimum atomic E-state index is -0.449. The van der Waals surface area contributed by atoms with Crippen LogP contribution in [0.3, 0.4) is 0 Å². The van der Waals surface area contributed by atoms with Gasteiger partial charge in [-0.25, -0.2) is 0 Å². The summed E-state index contributed by atoms with van der Waals surface area (Å²) in [5.41, 5.74) is 0.600. The molecule has 4 nitrogen and oxygen atoms in total. The number of aromatic hydroxyl groups is 1. The largest absolute Gasteiger partial charge is 0.507 e. The van der Waals surface area contributed by atoms with Crippen LogP contribution >= 0.6 is 27.5 Å². The smallest absolute Gasteiger partial charge is 0.259 e. The van der Waals surface area contributed by atoms with Gasteiger partial charge in [0, 0.05) is 9.50 Å². The summed E-state index contributed by atoms with van der Waals surface area (Å²) in [7, 11) is 1.50. The van der Waals surface area contributed by atoms with Crippen LogP contribution in [0.1, 0.15) is 10.4 Å². The third-order valence-corrected chi connectivity index (χ3v) is 3.34. The van der Waals surface area contributed by atoms with Crippen molar-refractivity contribution in [2.75, 3.05) is 12.4 Å². The van der Waals surface area contributed by atoms with E-state index < -0.39 is 5.91 Å². The van der Waals surface area contributed by atoms with Crippen LogP contribution in [-0.2, 0) is 0 Å². The van der Waals surface area contributed by atoms with Crippen molar-refractivity contribution in [2.45, 2.75) is 0 Å². The van der Waals surface area contributed by atoms with E-state index in [-0.39, 0.29) is 11.3 Å². The lowest BCUT2D eigenvalue weighted by Crippen LogP contribution is -2.12. The van der Waals surface area contributed by atoms with E-state index in [0.29, 0.717) is 20.9 Å². The number of phenols is 1. The molecule has 0 aliphatic rings. The Morgan fingerprint density at radius 2 is 2.05 bits per heavy atom. The van der Waals surface area contributed by atoms with Crippen LogP contribution in [0.25, 0.3) is 0 Å². The molecule has 0 radical (unpaired) electrons. The van der Waals surface area contributed by atoms with Crippen LogP contribution in [0.4, 0.5) is 5.69 Å². The number of halogens is 2. The summed E-state index contributed by atoms with van der Waals surface area (Å²) in [5.74, 6) is -0.0761. The van der Waals surface area contributed by atoms with Gasteiger partial charge in [-0.05, 0) is 36.4 Å². The molecule has 0 saturated heterocycles. The first-order valence-corrected chi connectivity index (χ1v) is 6.82. The molecule has 2 aromatic carbocycles. The predicted octanol–water partition coefficient (Wildman–Crippen LogP) is 4.07. The zero-order chi connectivity index (χ0) is 14.7. The van der Waals surface area contributed by atoms with Crippen molar-refractivity contribution < 1.29 is 14.6 Å². The molecule has 0 heterocycles. The first-order valence-electron chi connectivity index (χ1n) is 5.64. The fourth-order valence-corrected chi connectivity index (χ4v) is 2.19. The summed E-state index contributed by atoms with van der Waals surface area (Å²) in [6.45, 7) is 0. The van der Waals surface area contributed by atoms with E-state index in [1.807, 2.05) is 0 Å².